The number of benzene rings is 4. The average molecular weight is 539 g/mol. The van der Waals surface area contributed by atoms with Crippen LogP contribution in [0.5, 0.6) is 5.75 Å². The molecule has 0 spiro atoms. The van der Waals surface area contributed by atoms with E-state index in [0.29, 0.717) is 28.1 Å². The van der Waals surface area contributed by atoms with Crippen LogP contribution < -0.4 is 26.0 Å². The Morgan fingerprint density at radius 3 is 1.46 bits per heavy atom. The number of urea groups is 2. The van der Waals surface area contributed by atoms with Crippen molar-refractivity contribution in [2.24, 2.45) is 0 Å². The van der Waals surface area contributed by atoms with E-state index in [1.165, 1.54) is 24.3 Å². The van der Waals surface area contributed by atoms with Crippen LogP contribution in [0.2, 0.25) is 0 Å². The third-order valence-corrected chi connectivity index (χ3v) is 5.47. The molecule has 0 aliphatic heterocycles. The molecule has 4 aromatic carbocycles. The van der Waals surface area contributed by atoms with Crippen molar-refractivity contribution in [3.8, 4) is 42.8 Å². The average Bonchev–Trinajstić information content (AvgIpc) is 2.97. The first kappa shape index (κ1) is 27.6. The predicted octanol–water partition coefficient (Wildman–Crippen LogP) is 6.14. The van der Waals surface area contributed by atoms with E-state index in [9.17, 15) is 14.4 Å². The molecular weight excluding hydrogens is 516 g/mol. The number of rotatable bonds is 6. The van der Waals surface area contributed by atoms with Crippen LogP contribution in [0.25, 0.3) is 0 Å². The molecule has 4 amide bonds. The molecule has 0 unspecified atom stereocenters. The van der Waals surface area contributed by atoms with Crippen LogP contribution in [0.1, 0.15) is 27.0 Å². The van der Waals surface area contributed by atoms with Gasteiger partial charge in [-0.2, -0.15) is 0 Å². The number of carbonyl (C=O) groups excluding carboxylic acids is 3. The van der Waals surface area contributed by atoms with Gasteiger partial charge in [0.05, 0.1) is 5.56 Å². The van der Waals surface area contributed by atoms with Gasteiger partial charge in [0, 0.05) is 39.4 Å². The standard InChI is InChI=1S/C33H22N4O4/c1-4-22-10-7-13-26(16-22)34-32(39)36-28-19-25(31(38)41-30-15-9-12-24(6-3)18-30)20-29(21-28)37-33(40)35-27-14-8-11-23(5-2)17-27/h1-3,7-21H,(H2,34,36,39)(H2,35,37,40). The van der Waals surface area contributed by atoms with Crippen molar-refractivity contribution in [2.75, 3.05) is 21.3 Å². The number of esters is 1. The summed E-state index contributed by atoms with van der Waals surface area (Å²) in [5.41, 5.74) is 3.09. The fourth-order valence-corrected chi connectivity index (χ4v) is 3.67. The van der Waals surface area contributed by atoms with Gasteiger partial charge in [-0.1, -0.05) is 36.0 Å². The molecule has 0 fully saturated rings. The normalized spacial score (nSPS) is 9.68. The summed E-state index contributed by atoms with van der Waals surface area (Å²) in [6.45, 7) is 0. The summed E-state index contributed by atoms with van der Waals surface area (Å²) < 4.78 is 5.48. The smallest absolute Gasteiger partial charge is 0.343 e. The van der Waals surface area contributed by atoms with Gasteiger partial charge in [-0.05, 0) is 72.8 Å². The lowest BCUT2D eigenvalue weighted by atomic mass is 10.1. The van der Waals surface area contributed by atoms with Gasteiger partial charge in [-0.25, -0.2) is 14.4 Å². The van der Waals surface area contributed by atoms with E-state index in [0.717, 1.165) is 0 Å². The van der Waals surface area contributed by atoms with E-state index < -0.39 is 18.0 Å². The van der Waals surface area contributed by atoms with Gasteiger partial charge in [0.2, 0.25) is 0 Å². The minimum atomic E-state index is -0.741. The molecule has 4 N–H and O–H groups in total. The Labute approximate surface area is 237 Å². The van der Waals surface area contributed by atoms with Gasteiger partial charge in [-0.3, -0.25) is 0 Å². The first-order chi connectivity index (χ1) is 19.8. The maximum absolute atomic E-state index is 13.0. The van der Waals surface area contributed by atoms with Gasteiger partial charge in [0.1, 0.15) is 5.75 Å². The molecule has 4 aromatic rings. The minimum absolute atomic E-state index is 0.0490. The van der Waals surface area contributed by atoms with E-state index >= 15 is 0 Å². The van der Waals surface area contributed by atoms with Crippen LogP contribution in [-0.4, -0.2) is 18.0 Å². The Morgan fingerprint density at radius 1 is 0.537 bits per heavy atom. The third kappa shape index (κ3) is 7.78. The van der Waals surface area contributed by atoms with Gasteiger partial charge < -0.3 is 26.0 Å². The maximum atomic E-state index is 13.0. The zero-order chi connectivity index (χ0) is 29.2. The summed E-state index contributed by atoms with van der Waals surface area (Å²) >= 11 is 0. The molecule has 198 valence electrons. The lowest BCUT2D eigenvalue weighted by molar-refractivity contribution is 0.0734. The fourth-order valence-electron chi connectivity index (χ4n) is 3.67. The van der Waals surface area contributed by atoms with E-state index in [-0.39, 0.29) is 22.7 Å². The molecule has 0 saturated carbocycles. The number of hydrogen-bond acceptors (Lipinski definition) is 4. The Kier molecular flexibility index (Phi) is 8.67. The number of ether oxygens (including phenoxy) is 1. The molecule has 0 saturated heterocycles. The molecule has 0 radical (unpaired) electrons. The van der Waals surface area contributed by atoms with Gasteiger partial charge in [0.15, 0.2) is 0 Å². The molecular formula is C33H22N4O4. The highest BCUT2D eigenvalue weighted by Gasteiger charge is 2.15. The summed E-state index contributed by atoms with van der Waals surface area (Å²) in [7, 11) is 0. The quantitative estimate of drug-likeness (QED) is 0.134. The molecule has 8 heteroatoms. The topological polar surface area (TPSA) is 109 Å². The van der Waals surface area contributed by atoms with E-state index in [2.05, 4.69) is 39.0 Å². The predicted molar refractivity (Wildman–Crippen MR) is 160 cm³/mol. The number of carbonyl (C=O) groups is 3. The Hall–Kier alpha value is -6.43. The van der Waals surface area contributed by atoms with Crippen LogP contribution in [0.15, 0.2) is 91.0 Å². The summed E-state index contributed by atoms with van der Waals surface area (Å²) in [5, 5.41) is 10.7. The number of hydrogen-bond donors (Lipinski definition) is 4. The highest BCUT2D eigenvalue weighted by molar-refractivity contribution is 6.04. The summed E-state index contributed by atoms with van der Waals surface area (Å²) in [6.07, 6.45) is 16.3. The lowest BCUT2D eigenvalue weighted by Gasteiger charge is -2.13. The second-order valence-corrected chi connectivity index (χ2v) is 8.47. The van der Waals surface area contributed by atoms with Gasteiger partial charge in [0.25, 0.3) is 0 Å². The zero-order valence-electron chi connectivity index (χ0n) is 21.5. The van der Waals surface area contributed by atoms with Gasteiger partial charge >= 0.3 is 18.0 Å². The summed E-state index contributed by atoms with van der Waals surface area (Å²) in [6, 6.07) is 23.0. The summed E-state index contributed by atoms with van der Waals surface area (Å²) in [4.78, 5) is 38.5. The molecule has 0 aliphatic rings. The second-order valence-electron chi connectivity index (χ2n) is 8.47. The highest BCUT2D eigenvalue weighted by atomic mass is 16.5. The summed E-state index contributed by atoms with van der Waals surface area (Å²) in [5.74, 6) is 6.96. The number of nitrogens with one attached hydrogen (secondary N) is 4. The Bertz CT molecular complexity index is 1680. The molecule has 8 nitrogen and oxygen atoms in total. The van der Waals surface area contributed by atoms with E-state index in [1.807, 2.05) is 0 Å². The van der Waals surface area contributed by atoms with Crippen molar-refractivity contribution in [2.45, 2.75) is 0 Å². The fraction of sp³-hybridized carbons (Fsp3) is 0. The molecule has 0 bridgehead atoms. The second kappa shape index (κ2) is 12.9. The monoisotopic (exact) mass is 538 g/mol. The van der Waals surface area contributed by atoms with E-state index in [1.54, 1.807) is 66.7 Å². The first-order valence-corrected chi connectivity index (χ1v) is 12.1. The number of amides is 4. The zero-order valence-corrected chi connectivity index (χ0v) is 21.5. The number of terminal acetylenes is 3. The van der Waals surface area contributed by atoms with Crippen molar-refractivity contribution in [1.29, 1.82) is 0 Å². The van der Waals surface area contributed by atoms with Crippen molar-refractivity contribution in [3.63, 3.8) is 0 Å². The highest BCUT2D eigenvalue weighted by Crippen LogP contribution is 2.23. The van der Waals surface area contributed by atoms with Crippen LogP contribution in [-0.2, 0) is 0 Å². The van der Waals surface area contributed by atoms with Crippen LogP contribution in [0, 0.1) is 37.0 Å². The molecule has 41 heavy (non-hydrogen) atoms. The van der Waals surface area contributed by atoms with Gasteiger partial charge in [-0.15, -0.1) is 19.3 Å². The molecule has 0 aliphatic carbocycles. The Morgan fingerprint density at radius 2 is 0.976 bits per heavy atom. The minimum Gasteiger partial charge on any atom is -0.423 e. The molecule has 0 atom stereocenters. The third-order valence-electron chi connectivity index (χ3n) is 5.47. The molecule has 4 rings (SSSR count). The van der Waals surface area contributed by atoms with Crippen molar-refractivity contribution >= 4 is 40.8 Å². The van der Waals surface area contributed by atoms with Crippen LogP contribution in [0.4, 0.5) is 32.3 Å². The van der Waals surface area contributed by atoms with Crippen LogP contribution in [0.3, 0.4) is 0 Å². The maximum Gasteiger partial charge on any atom is 0.343 e. The van der Waals surface area contributed by atoms with Crippen molar-refractivity contribution in [3.05, 3.63) is 113 Å². The lowest BCUT2D eigenvalue weighted by Crippen LogP contribution is -2.22. The molecule has 0 aromatic heterocycles. The van der Waals surface area contributed by atoms with Crippen LogP contribution >= 0.6 is 0 Å². The first-order valence-electron chi connectivity index (χ1n) is 12.1. The Balaban J connectivity index is 1.57. The van der Waals surface area contributed by atoms with E-state index in [4.69, 9.17) is 24.0 Å². The number of anilines is 4. The largest absolute Gasteiger partial charge is 0.423 e. The SMILES string of the molecule is C#Cc1cccc(NC(=O)Nc2cc(NC(=O)Nc3cccc(C#C)c3)cc(C(=O)Oc3cccc(C#C)c3)c2)c1. The van der Waals surface area contributed by atoms with Crippen molar-refractivity contribution in [1.82, 2.24) is 0 Å². The van der Waals surface area contributed by atoms with Crippen molar-refractivity contribution < 1.29 is 19.1 Å². The molecule has 0 heterocycles.